The monoisotopic (exact) mass is 349 g/mol. The third-order valence-corrected chi connectivity index (χ3v) is 5.07. The summed E-state index contributed by atoms with van der Waals surface area (Å²) in [5, 5.41) is 0. The zero-order valence-electron chi connectivity index (χ0n) is 15.8. The average molecular weight is 349 g/mol. The van der Waals surface area contributed by atoms with E-state index in [4.69, 9.17) is 0 Å². The molecule has 0 atom stereocenters. The van der Waals surface area contributed by atoms with Crippen molar-refractivity contribution in [1.29, 1.82) is 0 Å². The molecule has 0 heterocycles. The fourth-order valence-corrected chi connectivity index (χ4v) is 3.46. The molecule has 0 bridgehead atoms. The number of para-hydroxylation sites is 2. The average Bonchev–Trinajstić information content (AvgIpc) is 2.73. The molecule has 0 aliphatic heterocycles. The van der Waals surface area contributed by atoms with Crippen LogP contribution in [0, 0.1) is 13.8 Å². The molecule has 0 amide bonds. The summed E-state index contributed by atoms with van der Waals surface area (Å²) in [6.07, 6.45) is 0. The van der Waals surface area contributed by atoms with Crippen LogP contribution in [-0.2, 0) is 0 Å². The van der Waals surface area contributed by atoms with Crippen LogP contribution in [0.3, 0.4) is 0 Å². The van der Waals surface area contributed by atoms with E-state index in [2.05, 4.69) is 122 Å². The first-order valence-electron chi connectivity index (χ1n) is 9.31. The second-order valence-corrected chi connectivity index (χ2v) is 6.80. The van der Waals surface area contributed by atoms with Crippen molar-refractivity contribution in [1.82, 2.24) is 0 Å². The number of benzene rings is 4. The van der Waals surface area contributed by atoms with E-state index in [-0.39, 0.29) is 0 Å². The lowest BCUT2D eigenvalue weighted by Crippen LogP contribution is -2.09. The number of anilines is 3. The summed E-state index contributed by atoms with van der Waals surface area (Å²) in [4.78, 5) is 2.28. The van der Waals surface area contributed by atoms with Gasteiger partial charge in [-0.1, -0.05) is 66.7 Å². The molecule has 132 valence electrons. The van der Waals surface area contributed by atoms with E-state index in [1.807, 2.05) is 0 Å². The van der Waals surface area contributed by atoms with Crippen LogP contribution in [0.2, 0.25) is 0 Å². The fraction of sp³-hybridized carbons (Fsp3) is 0.0769. The first-order valence-corrected chi connectivity index (χ1v) is 9.31. The quantitative estimate of drug-likeness (QED) is 0.370. The lowest BCUT2D eigenvalue weighted by molar-refractivity contribution is 1.28. The van der Waals surface area contributed by atoms with Gasteiger partial charge in [0.1, 0.15) is 0 Å². The highest BCUT2D eigenvalue weighted by Gasteiger charge is 2.12. The van der Waals surface area contributed by atoms with E-state index in [0.717, 1.165) is 17.1 Å². The molecular weight excluding hydrogens is 326 g/mol. The van der Waals surface area contributed by atoms with E-state index in [1.54, 1.807) is 0 Å². The van der Waals surface area contributed by atoms with Gasteiger partial charge in [0, 0.05) is 17.1 Å². The summed E-state index contributed by atoms with van der Waals surface area (Å²) in [7, 11) is 0. The Morgan fingerprint density at radius 3 is 1.56 bits per heavy atom. The Balaban J connectivity index is 1.77. The van der Waals surface area contributed by atoms with Crippen LogP contribution in [0.25, 0.3) is 11.1 Å². The van der Waals surface area contributed by atoms with Crippen molar-refractivity contribution in [2.24, 2.45) is 0 Å². The summed E-state index contributed by atoms with van der Waals surface area (Å²) in [6.45, 7) is 4.36. The Bertz CT molecular complexity index is 979. The first-order chi connectivity index (χ1) is 13.2. The van der Waals surface area contributed by atoms with Gasteiger partial charge in [0.25, 0.3) is 0 Å². The van der Waals surface area contributed by atoms with Gasteiger partial charge in [-0.2, -0.15) is 0 Å². The molecule has 1 heteroatoms. The second-order valence-electron chi connectivity index (χ2n) is 6.80. The minimum Gasteiger partial charge on any atom is -0.311 e. The van der Waals surface area contributed by atoms with Gasteiger partial charge >= 0.3 is 0 Å². The molecule has 0 aromatic heterocycles. The molecule has 1 nitrogen and oxygen atoms in total. The molecule has 0 saturated carbocycles. The molecule has 27 heavy (non-hydrogen) atoms. The van der Waals surface area contributed by atoms with E-state index in [0.29, 0.717) is 0 Å². The van der Waals surface area contributed by atoms with Crippen LogP contribution >= 0.6 is 0 Å². The Morgan fingerprint density at radius 1 is 0.481 bits per heavy atom. The number of hydrogen-bond donors (Lipinski definition) is 0. The third kappa shape index (κ3) is 3.50. The molecule has 0 fully saturated rings. The lowest BCUT2D eigenvalue weighted by Gasteiger charge is -2.25. The molecule has 0 N–H and O–H groups in total. The van der Waals surface area contributed by atoms with Gasteiger partial charge in [-0.15, -0.1) is 0 Å². The third-order valence-electron chi connectivity index (χ3n) is 5.07. The minimum atomic E-state index is 1.15. The maximum atomic E-state index is 2.28. The predicted octanol–water partition coefficient (Wildman–Crippen LogP) is 7.44. The van der Waals surface area contributed by atoms with Gasteiger partial charge in [-0.25, -0.2) is 0 Å². The molecule has 0 aliphatic carbocycles. The maximum absolute atomic E-state index is 2.28. The predicted molar refractivity (Wildman–Crippen MR) is 116 cm³/mol. The molecule has 0 spiro atoms. The molecule has 0 saturated heterocycles. The molecule has 0 unspecified atom stereocenters. The molecular formula is C26H23N. The number of aryl methyl sites for hydroxylation is 1. The summed E-state index contributed by atoms with van der Waals surface area (Å²) < 4.78 is 0. The summed E-state index contributed by atoms with van der Waals surface area (Å²) in [5.41, 5.74) is 8.68. The smallest absolute Gasteiger partial charge is 0.0462 e. The highest BCUT2D eigenvalue weighted by Crippen LogP contribution is 2.35. The topological polar surface area (TPSA) is 3.24 Å². The van der Waals surface area contributed by atoms with E-state index < -0.39 is 0 Å². The second kappa shape index (κ2) is 7.51. The van der Waals surface area contributed by atoms with Crippen LogP contribution < -0.4 is 4.90 Å². The van der Waals surface area contributed by atoms with Crippen molar-refractivity contribution in [3.05, 3.63) is 114 Å². The first kappa shape index (κ1) is 17.1. The minimum absolute atomic E-state index is 1.15. The molecule has 0 aliphatic rings. The van der Waals surface area contributed by atoms with Gasteiger partial charge in [0.2, 0.25) is 0 Å². The van der Waals surface area contributed by atoms with Crippen LogP contribution in [0.4, 0.5) is 17.1 Å². The molecule has 4 aromatic rings. The van der Waals surface area contributed by atoms with E-state index in [1.165, 1.54) is 22.3 Å². The lowest BCUT2D eigenvalue weighted by atomic mass is 9.97. The van der Waals surface area contributed by atoms with Crippen molar-refractivity contribution in [3.63, 3.8) is 0 Å². The summed E-state index contributed by atoms with van der Waals surface area (Å²) >= 11 is 0. The van der Waals surface area contributed by atoms with Crippen LogP contribution in [0.1, 0.15) is 11.1 Å². The summed E-state index contributed by atoms with van der Waals surface area (Å²) in [6, 6.07) is 36.3. The number of rotatable bonds is 4. The Labute approximate surface area is 161 Å². The van der Waals surface area contributed by atoms with Gasteiger partial charge in [-0.3, -0.25) is 0 Å². The normalized spacial score (nSPS) is 10.6. The van der Waals surface area contributed by atoms with Crippen molar-refractivity contribution < 1.29 is 0 Å². The van der Waals surface area contributed by atoms with Gasteiger partial charge in [0.05, 0.1) is 0 Å². The largest absolute Gasteiger partial charge is 0.311 e. The summed E-state index contributed by atoms with van der Waals surface area (Å²) in [5.74, 6) is 0. The van der Waals surface area contributed by atoms with Gasteiger partial charge in [-0.05, 0) is 72.5 Å². The van der Waals surface area contributed by atoms with Crippen molar-refractivity contribution in [3.8, 4) is 11.1 Å². The molecule has 4 aromatic carbocycles. The van der Waals surface area contributed by atoms with Crippen LogP contribution in [-0.4, -0.2) is 0 Å². The van der Waals surface area contributed by atoms with Crippen LogP contribution in [0.15, 0.2) is 103 Å². The van der Waals surface area contributed by atoms with Crippen molar-refractivity contribution >= 4 is 17.1 Å². The van der Waals surface area contributed by atoms with E-state index >= 15 is 0 Å². The van der Waals surface area contributed by atoms with Gasteiger partial charge < -0.3 is 4.90 Å². The van der Waals surface area contributed by atoms with E-state index in [9.17, 15) is 0 Å². The Hall–Kier alpha value is -3.32. The molecule has 4 rings (SSSR count). The number of hydrogen-bond acceptors (Lipinski definition) is 1. The number of nitrogens with zero attached hydrogens (tertiary/aromatic N) is 1. The Morgan fingerprint density at radius 2 is 1.00 bits per heavy atom. The maximum Gasteiger partial charge on any atom is 0.0462 e. The fourth-order valence-electron chi connectivity index (χ4n) is 3.46. The van der Waals surface area contributed by atoms with Crippen molar-refractivity contribution in [2.45, 2.75) is 13.8 Å². The van der Waals surface area contributed by atoms with Crippen molar-refractivity contribution in [2.75, 3.05) is 4.90 Å². The van der Waals surface area contributed by atoms with Gasteiger partial charge in [0.15, 0.2) is 0 Å². The van der Waals surface area contributed by atoms with Crippen LogP contribution in [0.5, 0.6) is 0 Å². The Kier molecular flexibility index (Phi) is 4.76. The highest BCUT2D eigenvalue weighted by atomic mass is 15.1. The standard InChI is InChI=1S/C26H23N/c1-20-10-9-15-26(21(20)2)22-16-18-25(19-17-22)27(23-11-5-3-6-12-23)24-13-7-4-8-14-24/h3-19H,1-2H3. The SMILES string of the molecule is Cc1cccc(-c2ccc(N(c3ccccc3)c3ccccc3)cc2)c1C. The zero-order valence-corrected chi connectivity index (χ0v) is 15.8. The highest BCUT2D eigenvalue weighted by molar-refractivity contribution is 5.78. The zero-order chi connectivity index (χ0) is 18.6. The molecule has 0 radical (unpaired) electrons.